The lowest BCUT2D eigenvalue weighted by atomic mass is 9.90. The van der Waals surface area contributed by atoms with Gasteiger partial charge in [0.1, 0.15) is 11.3 Å². The molecular weight excluding hydrogens is 379 g/mol. The SMILES string of the molecule is Cc1ccc(C(CNC(=O)c2cccc3nc(C(F)(F)F)cn23)CC(C)C)cc1. The molecule has 154 valence electrons. The Morgan fingerprint density at radius 3 is 2.45 bits per heavy atom. The van der Waals surface area contributed by atoms with E-state index in [2.05, 4.69) is 36.3 Å². The number of carbonyl (C=O) groups is 1. The third-order valence-electron chi connectivity index (χ3n) is 4.83. The van der Waals surface area contributed by atoms with Crippen molar-refractivity contribution < 1.29 is 18.0 Å². The molecule has 0 aliphatic rings. The summed E-state index contributed by atoms with van der Waals surface area (Å²) in [6.45, 7) is 6.66. The number of hydrogen-bond donors (Lipinski definition) is 1. The zero-order valence-corrected chi connectivity index (χ0v) is 16.6. The van der Waals surface area contributed by atoms with E-state index >= 15 is 0 Å². The number of alkyl halides is 3. The molecule has 0 spiro atoms. The van der Waals surface area contributed by atoms with E-state index in [1.165, 1.54) is 22.6 Å². The van der Waals surface area contributed by atoms with Crippen molar-refractivity contribution in [3.8, 4) is 0 Å². The summed E-state index contributed by atoms with van der Waals surface area (Å²) in [4.78, 5) is 16.3. The highest BCUT2D eigenvalue weighted by Crippen LogP contribution is 2.29. The molecule has 29 heavy (non-hydrogen) atoms. The Labute approximate surface area is 167 Å². The van der Waals surface area contributed by atoms with Gasteiger partial charge in [-0.25, -0.2) is 4.98 Å². The predicted octanol–water partition coefficient (Wildman–Crippen LogP) is 5.22. The van der Waals surface area contributed by atoms with Crippen molar-refractivity contribution in [3.05, 3.63) is 71.2 Å². The van der Waals surface area contributed by atoms with Crippen molar-refractivity contribution in [1.82, 2.24) is 14.7 Å². The normalized spacial score (nSPS) is 13.1. The highest BCUT2D eigenvalue weighted by Gasteiger charge is 2.34. The number of rotatable bonds is 6. The van der Waals surface area contributed by atoms with Crippen LogP contribution in [0, 0.1) is 12.8 Å². The van der Waals surface area contributed by atoms with Crippen LogP contribution in [0.1, 0.15) is 53.5 Å². The van der Waals surface area contributed by atoms with Gasteiger partial charge in [-0.1, -0.05) is 49.7 Å². The molecule has 3 aromatic rings. The van der Waals surface area contributed by atoms with Crippen LogP contribution in [0.2, 0.25) is 0 Å². The summed E-state index contributed by atoms with van der Waals surface area (Å²) in [6.07, 6.45) is -2.82. The number of fused-ring (bicyclic) bond motifs is 1. The van der Waals surface area contributed by atoms with Gasteiger partial charge in [0.25, 0.3) is 5.91 Å². The summed E-state index contributed by atoms with van der Waals surface area (Å²) in [5.41, 5.74) is 1.48. The Morgan fingerprint density at radius 1 is 1.14 bits per heavy atom. The number of nitrogens with zero attached hydrogens (tertiary/aromatic N) is 2. The number of imidazole rings is 1. The minimum absolute atomic E-state index is 0.0854. The van der Waals surface area contributed by atoms with Crippen LogP contribution in [0.4, 0.5) is 13.2 Å². The van der Waals surface area contributed by atoms with Crippen LogP contribution in [-0.2, 0) is 6.18 Å². The highest BCUT2D eigenvalue weighted by molar-refractivity contribution is 5.93. The molecule has 0 aliphatic heterocycles. The molecule has 0 bridgehead atoms. The van der Waals surface area contributed by atoms with Crippen molar-refractivity contribution in [2.75, 3.05) is 6.54 Å². The van der Waals surface area contributed by atoms with Crippen LogP contribution in [0.25, 0.3) is 5.65 Å². The number of carbonyl (C=O) groups excluding carboxylic acids is 1. The first-order valence-corrected chi connectivity index (χ1v) is 9.55. The topological polar surface area (TPSA) is 46.4 Å². The minimum Gasteiger partial charge on any atom is -0.350 e. The third-order valence-corrected chi connectivity index (χ3v) is 4.83. The molecule has 1 amide bonds. The van der Waals surface area contributed by atoms with E-state index < -0.39 is 17.8 Å². The number of amides is 1. The maximum atomic E-state index is 13.0. The van der Waals surface area contributed by atoms with Crippen LogP contribution in [0.5, 0.6) is 0 Å². The zero-order valence-electron chi connectivity index (χ0n) is 16.6. The maximum absolute atomic E-state index is 13.0. The summed E-state index contributed by atoms with van der Waals surface area (Å²) >= 11 is 0. The largest absolute Gasteiger partial charge is 0.434 e. The number of halogens is 3. The van der Waals surface area contributed by atoms with Gasteiger partial charge in [-0.05, 0) is 37.0 Å². The zero-order chi connectivity index (χ0) is 21.2. The van der Waals surface area contributed by atoms with E-state index in [1.54, 1.807) is 0 Å². The number of hydrogen-bond acceptors (Lipinski definition) is 2. The first kappa shape index (κ1) is 20.9. The quantitative estimate of drug-likeness (QED) is 0.613. The molecule has 3 rings (SSSR count). The molecule has 7 heteroatoms. The van der Waals surface area contributed by atoms with Gasteiger partial charge in [0, 0.05) is 18.7 Å². The van der Waals surface area contributed by atoms with Crippen molar-refractivity contribution in [2.45, 2.75) is 39.3 Å². The number of aromatic nitrogens is 2. The third kappa shape index (κ3) is 4.96. The molecule has 1 aromatic carbocycles. The smallest absolute Gasteiger partial charge is 0.350 e. The van der Waals surface area contributed by atoms with Gasteiger partial charge in [-0.2, -0.15) is 13.2 Å². The van der Waals surface area contributed by atoms with Crippen molar-refractivity contribution in [1.29, 1.82) is 0 Å². The minimum atomic E-state index is -4.56. The van der Waals surface area contributed by atoms with Gasteiger partial charge in [0.2, 0.25) is 0 Å². The summed E-state index contributed by atoms with van der Waals surface area (Å²) in [5.74, 6) is 0.125. The van der Waals surface area contributed by atoms with E-state index in [1.807, 2.05) is 19.1 Å². The second-order valence-electron chi connectivity index (χ2n) is 7.71. The number of nitrogens with one attached hydrogen (secondary N) is 1. The fraction of sp³-hybridized carbons (Fsp3) is 0.364. The van der Waals surface area contributed by atoms with Gasteiger partial charge < -0.3 is 5.32 Å². The maximum Gasteiger partial charge on any atom is 0.434 e. The predicted molar refractivity (Wildman–Crippen MR) is 106 cm³/mol. The molecule has 0 fully saturated rings. The van der Waals surface area contributed by atoms with Gasteiger partial charge in [0.15, 0.2) is 5.69 Å². The van der Waals surface area contributed by atoms with E-state index in [9.17, 15) is 18.0 Å². The number of pyridine rings is 1. The summed E-state index contributed by atoms with van der Waals surface area (Å²) in [7, 11) is 0. The van der Waals surface area contributed by atoms with Crippen LogP contribution in [0.15, 0.2) is 48.7 Å². The van der Waals surface area contributed by atoms with E-state index in [4.69, 9.17) is 0 Å². The second kappa shape index (κ2) is 8.27. The molecular formula is C22H24F3N3O. The fourth-order valence-electron chi connectivity index (χ4n) is 3.38. The lowest BCUT2D eigenvalue weighted by Crippen LogP contribution is -2.30. The summed E-state index contributed by atoms with van der Waals surface area (Å²) in [6, 6.07) is 12.7. The van der Waals surface area contributed by atoms with Crippen molar-refractivity contribution in [3.63, 3.8) is 0 Å². The Balaban J connectivity index is 1.81. The molecule has 2 heterocycles. The van der Waals surface area contributed by atoms with Crippen molar-refractivity contribution in [2.24, 2.45) is 5.92 Å². The van der Waals surface area contributed by atoms with Gasteiger partial charge >= 0.3 is 6.18 Å². The number of aryl methyl sites for hydroxylation is 1. The lowest BCUT2D eigenvalue weighted by Gasteiger charge is -2.20. The highest BCUT2D eigenvalue weighted by atomic mass is 19.4. The summed E-state index contributed by atoms with van der Waals surface area (Å²) < 4.78 is 40.1. The Hall–Kier alpha value is -2.83. The fourth-order valence-corrected chi connectivity index (χ4v) is 3.38. The molecule has 0 saturated carbocycles. The lowest BCUT2D eigenvalue weighted by molar-refractivity contribution is -0.140. The molecule has 4 nitrogen and oxygen atoms in total. The first-order valence-electron chi connectivity index (χ1n) is 9.55. The molecule has 0 saturated heterocycles. The van der Waals surface area contributed by atoms with Gasteiger partial charge in [-0.15, -0.1) is 0 Å². The molecule has 1 unspecified atom stereocenters. The molecule has 2 aromatic heterocycles. The van der Waals surface area contributed by atoms with Crippen LogP contribution < -0.4 is 5.32 Å². The van der Waals surface area contributed by atoms with Crippen molar-refractivity contribution >= 4 is 11.6 Å². The van der Waals surface area contributed by atoms with Crippen LogP contribution >= 0.6 is 0 Å². The van der Waals surface area contributed by atoms with E-state index in [0.29, 0.717) is 12.5 Å². The Morgan fingerprint density at radius 2 is 1.83 bits per heavy atom. The molecule has 1 N–H and O–H groups in total. The van der Waals surface area contributed by atoms with Gasteiger partial charge in [-0.3, -0.25) is 9.20 Å². The van der Waals surface area contributed by atoms with Crippen LogP contribution in [0.3, 0.4) is 0 Å². The van der Waals surface area contributed by atoms with E-state index in [0.717, 1.165) is 23.7 Å². The number of benzene rings is 1. The first-order chi connectivity index (χ1) is 13.6. The van der Waals surface area contributed by atoms with Gasteiger partial charge in [0.05, 0.1) is 0 Å². The molecule has 0 aliphatic carbocycles. The second-order valence-corrected chi connectivity index (χ2v) is 7.71. The Kier molecular flexibility index (Phi) is 5.96. The molecule has 0 radical (unpaired) electrons. The molecule has 1 atom stereocenters. The standard InChI is InChI=1S/C22H24F3N3O/c1-14(2)11-17(16-9-7-15(3)8-10-16)12-26-21(29)18-5-4-6-20-27-19(13-28(18)20)22(23,24)25/h4-10,13-14,17H,11-12H2,1-3H3,(H,26,29). The summed E-state index contributed by atoms with van der Waals surface area (Å²) in [5, 5.41) is 2.89. The Bertz CT molecular complexity index is 991. The average molecular weight is 403 g/mol. The van der Waals surface area contributed by atoms with Crippen LogP contribution in [-0.4, -0.2) is 21.8 Å². The van der Waals surface area contributed by atoms with E-state index in [-0.39, 0.29) is 17.3 Å². The average Bonchev–Trinajstić information content (AvgIpc) is 3.10. The monoisotopic (exact) mass is 403 g/mol.